The first-order valence-electron chi connectivity index (χ1n) is 6.04. The predicted molar refractivity (Wildman–Crippen MR) is 71.0 cm³/mol. The second-order valence-electron chi connectivity index (χ2n) is 4.56. The number of benzene rings is 1. The van der Waals surface area contributed by atoms with Gasteiger partial charge in [-0.25, -0.2) is 0 Å². The van der Waals surface area contributed by atoms with E-state index < -0.39 is 6.04 Å². The molecule has 2 amide bonds. The van der Waals surface area contributed by atoms with Crippen molar-refractivity contribution >= 4 is 11.8 Å². The molecule has 18 heavy (non-hydrogen) atoms. The largest absolute Gasteiger partial charge is 0.348 e. The molecule has 0 saturated carbocycles. The Morgan fingerprint density at radius 3 is 2.11 bits per heavy atom. The van der Waals surface area contributed by atoms with Gasteiger partial charge in [-0.3, -0.25) is 9.59 Å². The summed E-state index contributed by atoms with van der Waals surface area (Å²) in [5.74, 6) is -0.390. The van der Waals surface area contributed by atoms with Crippen LogP contribution in [0.5, 0.6) is 0 Å². The molecule has 4 heteroatoms. The molecule has 0 aliphatic carbocycles. The van der Waals surface area contributed by atoms with E-state index in [-0.39, 0.29) is 17.9 Å². The van der Waals surface area contributed by atoms with Crippen molar-refractivity contribution in [2.75, 3.05) is 0 Å². The van der Waals surface area contributed by atoms with Crippen molar-refractivity contribution in [3.8, 4) is 0 Å². The van der Waals surface area contributed by atoms with Crippen LogP contribution in [-0.2, 0) is 9.59 Å². The van der Waals surface area contributed by atoms with Crippen LogP contribution in [0.2, 0.25) is 0 Å². The lowest BCUT2D eigenvalue weighted by molar-refractivity contribution is -0.128. The topological polar surface area (TPSA) is 58.2 Å². The van der Waals surface area contributed by atoms with Gasteiger partial charge in [-0.15, -0.1) is 0 Å². The zero-order valence-electron chi connectivity index (χ0n) is 11.3. The Kier molecular flexibility index (Phi) is 4.89. The van der Waals surface area contributed by atoms with Crippen molar-refractivity contribution in [3.05, 3.63) is 35.4 Å². The van der Waals surface area contributed by atoms with Crippen LogP contribution in [-0.4, -0.2) is 17.9 Å². The molecule has 0 bridgehead atoms. The number of carbonyl (C=O) groups excluding carboxylic acids is 2. The van der Waals surface area contributed by atoms with Gasteiger partial charge in [0.05, 0.1) is 6.04 Å². The highest BCUT2D eigenvalue weighted by molar-refractivity contribution is 5.86. The maximum Gasteiger partial charge on any atom is 0.242 e. The summed E-state index contributed by atoms with van der Waals surface area (Å²) in [5, 5.41) is 5.42. The molecule has 1 rings (SSSR count). The van der Waals surface area contributed by atoms with Gasteiger partial charge >= 0.3 is 0 Å². The fourth-order valence-corrected chi connectivity index (χ4v) is 1.65. The van der Waals surface area contributed by atoms with Gasteiger partial charge < -0.3 is 10.6 Å². The van der Waals surface area contributed by atoms with Gasteiger partial charge in [0.1, 0.15) is 6.04 Å². The van der Waals surface area contributed by atoms with Gasteiger partial charge in [-0.1, -0.05) is 29.8 Å². The highest BCUT2D eigenvalue weighted by Crippen LogP contribution is 2.12. The van der Waals surface area contributed by atoms with E-state index in [1.807, 2.05) is 38.1 Å². The van der Waals surface area contributed by atoms with Crippen molar-refractivity contribution < 1.29 is 9.59 Å². The second-order valence-corrected chi connectivity index (χ2v) is 4.56. The van der Waals surface area contributed by atoms with Gasteiger partial charge in [0.2, 0.25) is 11.8 Å². The molecule has 0 radical (unpaired) electrons. The third kappa shape index (κ3) is 4.20. The Bertz CT molecular complexity index is 426. The van der Waals surface area contributed by atoms with Crippen molar-refractivity contribution in [3.63, 3.8) is 0 Å². The molecule has 2 N–H and O–H groups in total. The summed E-state index contributed by atoms with van der Waals surface area (Å²) >= 11 is 0. The van der Waals surface area contributed by atoms with Crippen LogP contribution in [0.15, 0.2) is 24.3 Å². The van der Waals surface area contributed by atoms with E-state index in [9.17, 15) is 9.59 Å². The van der Waals surface area contributed by atoms with Crippen molar-refractivity contribution in [1.29, 1.82) is 0 Å². The van der Waals surface area contributed by atoms with Crippen LogP contribution >= 0.6 is 0 Å². The van der Waals surface area contributed by atoms with Crippen molar-refractivity contribution in [2.24, 2.45) is 0 Å². The summed E-state index contributed by atoms with van der Waals surface area (Å²) in [6.07, 6.45) is 0. The molecule has 98 valence electrons. The summed E-state index contributed by atoms with van der Waals surface area (Å²) in [7, 11) is 0. The Morgan fingerprint density at radius 2 is 1.61 bits per heavy atom. The second kappa shape index (κ2) is 6.19. The molecule has 0 spiro atoms. The molecule has 0 fully saturated rings. The van der Waals surface area contributed by atoms with E-state index in [1.54, 1.807) is 6.92 Å². The number of hydrogen-bond donors (Lipinski definition) is 2. The monoisotopic (exact) mass is 248 g/mol. The minimum absolute atomic E-state index is 0.0747. The molecule has 0 unspecified atom stereocenters. The summed E-state index contributed by atoms with van der Waals surface area (Å²) in [6.45, 7) is 7.00. The van der Waals surface area contributed by atoms with Crippen molar-refractivity contribution in [2.45, 2.75) is 39.8 Å². The van der Waals surface area contributed by atoms with E-state index in [1.165, 1.54) is 12.5 Å². The zero-order valence-corrected chi connectivity index (χ0v) is 11.3. The van der Waals surface area contributed by atoms with Crippen molar-refractivity contribution in [1.82, 2.24) is 10.6 Å². The number of amides is 2. The molecule has 0 aromatic heterocycles. The Labute approximate surface area is 108 Å². The zero-order chi connectivity index (χ0) is 13.7. The first-order chi connectivity index (χ1) is 8.40. The minimum Gasteiger partial charge on any atom is -0.348 e. The summed E-state index contributed by atoms with van der Waals surface area (Å²) in [5.41, 5.74) is 2.23. The van der Waals surface area contributed by atoms with Gasteiger partial charge in [-0.2, -0.15) is 0 Å². The average molecular weight is 248 g/mol. The number of hydrogen-bond acceptors (Lipinski definition) is 2. The predicted octanol–water partition coefficient (Wildman–Crippen LogP) is 1.70. The van der Waals surface area contributed by atoms with E-state index in [0.717, 1.165) is 5.56 Å². The van der Waals surface area contributed by atoms with Crippen LogP contribution in [0.25, 0.3) is 0 Å². The molecule has 0 aliphatic rings. The highest BCUT2D eigenvalue weighted by Gasteiger charge is 2.16. The lowest BCUT2D eigenvalue weighted by Crippen LogP contribution is -2.44. The van der Waals surface area contributed by atoms with Crippen LogP contribution in [0.4, 0.5) is 0 Å². The fraction of sp³-hybridized carbons (Fsp3) is 0.429. The lowest BCUT2D eigenvalue weighted by atomic mass is 10.1. The Hall–Kier alpha value is -1.84. The third-order valence-electron chi connectivity index (χ3n) is 2.75. The Morgan fingerprint density at radius 1 is 1.06 bits per heavy atom. The van der Waals surface area contributed by atoms with Gasteiger partial charge in [0.15, 0.2) is 0 Å². The van der Waals surface area contributed by atoms with Crippen LogP contribution < -0.4 is 10.6 Å². The maximum absolute atomic E-state index is 11.8. The van der Waals surface area contributed by atoms with Crippen LogP contribution in [0, 0.1) is 6.92 Å². The fourth-order valence-electron chi connectivity index (χ4n) is 1.65. The summed E-state index contributed by atoms with van der Waals surface area (Å²) in [4.78, 5) is 22.7. The summed E-state index contributed by atoms with van der Waals surface area (Å²) < 4.78 is 0. The van der Waals surface area contributed by atoms with Gasteiger partial charge in [0.25, 0.3) is 0 Å². The number of aryl methyl sites for hydroxylation is 1. The van der Waals surface area contributed by atoms with E-state index >= 15 is 0 Å². The quantitative estimate of drug-likeness (QED) is 0.852. The van der Waals surface area contributed by atoms with Gasteiger partial charge in [0, 0.05) is 6.92 Å². The standard InChI is InChI=1S/C14H20N2O2/c1-9-5-7-13(8-6-9)10(2)16-14(18)11(3)15-12(4)17/h5-8,10-11H,1-4H3,(H,15,17)(H,16,18)/t10-,11-/m0/s1. The number of carbonyl (C=O) groups is 2. The van der Waals surface area contributed by atoms with Crippen LogP contribution in [0.1, 0.15) is 37.9 Å². The first-order valence-corrected chi connectivity index (χ1v) is 6.04. The molecule has 0 saturated heterocycles. The molecule has 1 aromatic rings. The third-order valence-corrected chi connectivity index (χ3v) is 2.75. The molecule has 0 heterocycles. The molecule has 2 atom stereocenters. The highest BCUT2D eigenvalue weighted by atomic mass is 16.2. The van der Waals surface area contributed by atoms with E-state index in [4.69, 9.17) is 0 Å². The normalized spacial score (nSPS) is 13.6. The molecular formula is C14H20N2O2. The Balaban J connectivity index is 2.59. The molecule has 4 nitrogen and oxygen atoms in total. The lowest BCUT2D eigenvalue weighted by Gasteiger charge is -2.18. The minimum atomic E-state index is -0.518. The maximum atomic E-state index is 11.8. The van der Waals surface area contributed by atoms with Crippen LogP contribution in [0.3, 0.4) is 0 Å². The smallest absolute Gasteiger partial charge is 0.242 e. The van der Waals surface area contributed by atoms with E-state index in [2.05, 4.69) is 10.6 Å². The average Bonchev–Trinajstić information content (AvgIpc) is 2.28. The molecule has 0 aliphatic heterocycles. The number of rotatable bonds is 4. The SMILES string of the molecule is CC(=O)N[C@@H](C)C(=O)N[C@@H](C)c1ccc(C)cc1. The number of nitrogens with one attached hydrogen (secondary N) is 2. The molecule has 1 aromatic carbocycles. The first kappa shape index (κ1) is 14.2. The van der Waals surface area contributed by atoms with Gasteiger partial charge in [-0.05, 0) is 26.3 Å². The van der Waals surface area contributed by atoms with E-state index in [0.29, 0.717) is 0 Å². The molecular weight excluding hydrogens is 228 g/mol. The summed E-state index contributed by atoms with van der Waals surface area (Å²) in [6, 6.07) is 7.40.